The normalized spacial score (nSPS) is 19.5. The van der Waals surface area contributed by atoms with Gasteiger partial charge in [0.25, 0.3) is 0 Å². The summed E-state index contributed by atoms with van der Waals surface area (Å²) in [6.45, 7) is 3.05. The quantitative estimate of drug-likeness (QED) is 0.814. The maximum absolute atomic E-state index is 6.03. The molecule has 2 heterocycles. The number of hydrogen-bond donors (Lipinski definition) is 2. The molecule has 1 aromatic rings. The first kappa shape index (κ1) is 10.7. The standard InChI is InChI=1S/C14H18N2O/c1-2-14(17-13-4-7-15-8-5-13)9-11-3-6-16-10-12(1)11/h1-3,6,9,13,15-16H,4-5,7-8,10H2. The van der Waals surface area contributed by atoms with E-state index in [-0.39, 0.29) is 0 Å². The Balaban J connectivity index is 1.73. The van der Waals surface area contributed by atoms with E-state index < -0.39 is 0 Å². The SMILES string of the molecule is C1=Cc2cc(OC3CCNCC3)ccc2CN1. The van der Waals surface area contributed by atoms with E-state index in [1.54, 1.807) is 0 Å². The molecule has 0 radical (unpaired) electrons. The van der Waals surface area contributed by atoms with Gasteiger partial charge in [0.1, 0.15) is 11.9 Å². The van der Waals surface area contributed by atoms with Crippen molar-refractivity contribution in [3.05, 3.63) is 35.5 Å². The molecule has 0 aliphatic carbocycles. The summed E-state index contributed by atoms with van der Waals surface area (Å²) in [7, 11) is 0. The lowest BCUT2D eigenvalue weighted by Crippen LogP contribution is -2.34. The number of ether oxygens (including phenoxy) is 1. The Morgan fingerprint density at radius 1 is 1.18 bits per heavy atom. The van der Waals surface area contributed by atoms with Crippen LogP contribution in [0.5, 0.6) is 5.75 Å². The van der Waals surface area contributed by atoms with Crippen LogP contribution in [0.3, 0.4) is 0 Å². The first-order valence-corrected chi connectivity index (χ1v) is 6.32. The van der Waals surface area contributed by atoms with E-state index in [1.165, 1.54) is 11.1 Å². The third-order valence-electron chi connectivity index (χ3n) is 3.38. The van der Waals surface area contributed by atoms with E-state index in [9.17, 15) is 0 Å². The molecule has 0 bridgehead atoms. The van der Waals surface area contributed by atoms with Crippen LogP contribution in [0.1, 0.15) is 24.0 Å². The summed E-state index contributed by atoms with van der Waals surface area (Å²) in [4.78, 5) is 0. The van der Waals surface area contributed by atoms with Crippen molar-refractivity contribution in [3.8, 4) is 5.75 Å². The number of nitrogens with one attached hydrogen (secondary N) is 2. The fourth-order valence-electron chi connectivity index (χ4n) is 2.39. The molecule has 1 saturated heterocycles. The van der Waals surface area contributed by atoms with Crippen molar-refractivity contribution in [1.29, 1.82) is 0 Å². The highest BCUT2D eigenvalue weighted by atomic mass is 16.5. The van der Waals surface area contributed by atoms with Crippen LogP contribution in [0, 0.1) is 0 Å². The fraction of sp³-hybridized carbons (Fsp3) is 0.429. The van der Waals surface area contributed by atoms with Gasteiger partial charge < -0.3 is 15.4 Å². The Labute approximate surface area is 102 Å². The zero-order valence-electron chi connectivity index (χ0n) is 9.91. The number of benzene rings is 1. The van der Waals surface area contributed by atoms with Gasteiger partial charge in [-0.05, 0) is 61.5 Å². The van der Waals surface area contributed by atoms with Crippen LogP contribution in [0.2, 0.25) is 0 Å². The lowest BCUT2D eigenvalue weighted by Gasteiger charge is -2.24. The first-order chi connectivity index (χ1) is 8.42. The van der Waals surface area contributed by atoms with E-state index in [0.717, 1.165) is 38.2 Å². The lowest BCUT2D eigenvalue weighted by atomic mass is 10.0. The molecule has 3 heteroatoms. The molecule has 2 aliphatic rings. The second kappa shape index (κ2) is 4.80. The van der Waals surface area contributed by atoms with Crippen LogP contribution in [0.4, 0.5) is 0 Å². The highest BCUT2D eigenvalue weighted by Gasteiger charge is 2.15. The van der Waals surface area contributed by atoms with E-state index in [0.29, 0.717) is 6.10 Å². The van der Waals surface area contributed by atoms with Gasteiger partial charge in [0, 0.05) is 6.54 Å². The monoisotopic (exact) mass is 230 g/mol. The topological polar surface area (TPSA) is 33.3 Å². The van der Waals surface area contributed by atoms with Crippen LogP contribution < -0.4 is 15.4 Å². The van der Waals surface area contributed by atoms with Crippen LogP contribution in [0.15, 0.2) is 24.4 Å². The number of piperidine rings is 1. The van der Waals surface area contributed by atoms with Crippen molar-refractivity contribution in [2.45, 2.75) is 25.5 Å². The Morgan fingerprint density at radius 2 is 2.06 bits per heavy atom. The average Bonchev–Trinajstić information content (AvgIpc) is 2.40. The zero-order chi connectivity index (χ0) is 11.5. The molecule has 0 unspecified atom stereocenters. The van der Waals surface area contributed by atoms with Gasteiger partial charge >= 0.3 is 0 Å². The predicted octanol–water partition coefficient (Wildman–Crippen LogP) is 1.89. The molecule has 1 fully saturated rings. The molecule has 1 aromatic carbocycles. The maximum atomic E-state index is 6.03. The third kappa shape index (κ3) is 2.44. The first-order valence-electron chi connectivity index (χ1n) is 6.32. The average molecular weight is 230 g/mol. The second-order valence-corrected chi connectivity index (χ2v) is 4.64. The predicted molar refractivity (Wildman–Crippen MR) is 68.8 cm³/mol. The maximum Gasteiger partial charge on any atom is 0.120 e. The minimum absolute atomic E-state index is 0.375. The summed E-state index contributed by atoms with van der Waals surface area (Å²) in [5.41, 5.74) is 2.61. The van der Waals surface area contributed by atoms with Gasteiger partial charge in [-0.3, -0.25) is 0 Å². The Bertz CT molecular complexity index is 422. The molecule has 3 rings (SSSR count). The molecule has 17 heavy (non-hydrogen) atoms. The molecule has 0 amide bonds. The van der Waals surface area contributed by atoms with E-state index in [2.05, 4.69) is 34.9 Å². The van der Waals surface area contributed by atoms with Crippen molar-refractivity contribution in [2.24, 2.45) is 0 Å². The van der Waals surface area contributed by atoms with Gasteiger partial charge in [-0.1, -0.05) is 6.07 Å². The van der Waals surface area contributed by atoms with Gasteiger partial charge in [0.05, 0.1) is 0 Å². The van der Waals surface area contributed by atoms with Crippen molar-refractivity contribution < 1.29 is 4.74 Å². The van der Waals surface area contributed by atoms with Gasteiger partial charge in [0.2, 0.25) is 0 Å². The summed E-state index contributed by atoms with van der Waals surface area (Å²) in [5, 5.41) is 6.56. The van der Waals surface area contributed by atoms with Crippen LogP contribution >= 0.6 is 0 Å². The molecular weight excluding hydrogens is 212 g/mol. The molecule has 0 aromatic heterocycles. The van der Waals surface area contributed by atoms with Crippen molar-refractivity contribution in [1.82, 2.24) is 10.6 Å². The van der Waals surface area contributed by atoms with Gasteiger partial charge in [-0.2, -0.15) is 0 Å². The molecule has 2 aliphatic heterocycles. The van der Waals surface area contributed by atoms with Crippen LogP contribution in [-0.4, -0.2) is 19.2 Å². The largest absolute Gasteiger partial charge is 0.490 e. The van der Waals surface area contributed by atoms with Crippen molar-refractivity contribution >= 4 is 6.08 Å². The molecular formula is C14H18N2O. The summed E-state index contributed by atoms with van der Waals surface area (Å²) >= 11 is 0. The minimum Gasteiger partial charge on any atom is -0.490 e. The molecule has 0 atom stereocenters. The number of rotatable bonds is 2. The van der Waals surface area contributed by atoms with Gasteiger partial charge in [-0.15, -0.1) is 0 Å². The molecule has 0 saturated carbocycles. The van der Waals surface area contributed by atoms with Gasteiger partial charge in [0.15, 0.2) is 0 Å². The molecule has 3 nitrogen and oxygen atoms in total. The summed E-state index contributed by atoms with van der Waals surface area (Å²) in [6.07, 6.45) is 6.69. The number of hydrogen-bond acceptors (Lipinski definition) is 3. The van der Waals surface area contributed by atoms with E-state index >= 15 is 0 Å². The summed E-state index contributed by atoms with van der Waals surface area (Å²) in [5.74, 6) is 1.00. The zero-order valence-corrected chi connectivity index (χ0v) is 9.91. The second-order valence-electron chi connectivity index (χ2n) is 4.64. The summed E-state index contributed by atoms with van der Waals surface area (Å²) < 4.78 is 6.03. The van der Waals surface area contributed by atoms with Gasteiger partial charge in [-0.25, -0.2) is 0 Å². The van der Waals surface area contributed by atoms with Crippen LogP contribution in [-0.2, 0) is 6.54 Å². The lowest BCUT2D eigenvalue weighted by molar-refractivity contribution is 0.162. The Morgan fingerprint density at radius 3 is 2.94 bits per heavy atom. The Kier molecular flexibility index (Phi) is 3.01. The minimum atomic E-state index is 0.375. The smallest absolute Gasteiger partial charge is 0.120 e. The van der Waals surface area contributed by atoms with Crippen molar-refractivity contribution in [2.75, 3.05) is 13.1 Å². The number of fused-ring (bicyclic) bond motifs is 1. The van der Waals surface area contributed by atoms with Crippen molar-refractivity contribution in [3.63, 3.8) is 0 Å². The Hall–Kier alpha value is -1.48. The highest BCUT2D eigenvalue weighted by Crippen LogP contribution is 2.23. The van der Waals surface area contributed by atoms with Crippen LogP contribution in [0.25, 0.3) is 6.08 Å². The summed E-state index contributed by atoms with van der Waals surface area (Å²) in [6, 6.07) is 6.39. The van der Waals surface area contributed by atoms with E-state index in [4.69, 9.17) is 4.74 Å². The highest BCUT2D eigenvalue weighted by molar-refractivity contribution is 5.57. The molecule has 0 spiro atoms. The van der Waals surface area contributed by atoms with E-state index in [1.807, 2.05) is 6.20 Å². The third-order valence-corrected chi connectivity index (χ3v) is 3.38. The molecule has 2 N–H and O–H groups in total. The molecule has 90 valence electrons. The fourth-order valence-corrected chi connectivity index (χ4v) is 2.39.